The number of hydrogen-bond acceptors (Lipinski definition) is 5. The van der Waals surface area contributed by atoms with E-state index in [0.29, 0.717) is 12.3 Å². The maximum atomic E-state index is 12.6. The van der Waals surface area contributed by atoms with Crippen molar-refractivity contribution in [3.63, 3.8) is 0 Å². The van der Waals surface area contributed by atoms with Crippen LogP contribution in [0, 0.1) is 0 Å². The molecule has 132 valence electrons. The number of amides is 2. The molecular weight excluding hydrogens is 340 g/mol. The molecule has 6 nitrogen and oxygen atoms in total. The summed E-state index contributed by atoms with van der Waals surface area (Å²) in [6, 6.07) is 9.19. The first-order chi connectivity index (χ1) is 12.0. The summed E-state index contributed by atoms with van der Waals surface area (Å²) in [6.07, 6.45) is 0.223. The summed E-state index contributed by atoms with van der Waals surface area (Å²) in [5.41, 5.74) is 0.965. The second-order valence-electron chi connectivity index (χ2n) is 5.91. The molecule has 0 saturated heterocycles. The van der Waals surface area contributed by atoms with Gasteiger partial charge in [-0.3, -0.25) is 9.59 Å². The van der Waals surface area contributed by atoms with Crippen molar-refractivity contribution in [1.29, 1.82) is 0 Å². The molecule has 7 heteroatoms. The van der Waals surface area contributed by atoms with Crippen LogP contribution < -0.4 is 14.8 Å². The summed E-state index contributed by atoms with van der Waals surface area (Å²) in [5, 5.41) is 4.79. The van der Waals surface area contributed by atoms with Gasteiger partial charge < -0.3 is 19.7 Å². The molecule has 2 aromatic rings. The van der Waals surface area contributed by atoms with Gasteiger partial charge >= 0.3 is 0 Å². The number of fused-ring (bicyclic) bond motifs is 1. The fraction of sp³-hybridized carbons (Fsp3) is 0.333. The van der Waals surface area contributed by atoms with Gasteiger partial charge in [0.15, 0.2) is 11.5 Å². The molecule has 0 bridgehead atoms. The van der Waals surface area contributed by atoms with Gasteiger partial charge in [0, 0.05) is 25.4 Å². The molecule has 1 atom stereocenters. The Labute approximate surface area is 150 Å². The molecule has 1 aliphatic rings. The van der Waals surface area contributed by atoms with Crippen LogP contribution in [0.1, 0.15) is 29.8 Å². The molecule has 1 aromatic carbocycles. The number of benzene rings is 1. The van der Waals surface area contributed by atoms with Crippen molar-refractivity contribution in [2.75, 3.05) is 13.8 Å². The highest BCUT2D eigenvalue weighted by Gasteiger charge is 2.21. The third-order valence-electron chi connectivity index (χ3n) is 3.93. The summed E-state index contributed by atoms with van der Waals surface area (Å²) >= 11 is 1.53. The molecular formula is C18H20N2O4S. The Kier molecular flexibility index (Phi) is 5.23. The monoisotopic (exact) mass is 360 g/mol. The van der Waals surface area contributed by atoms with Gasteiger partial charge in [0.1, 0.15) is 0 Å². The van der Waals surface area contributed by atoms with Gasteiger partial charge in [0.05, 0.1) is 12.5 Å². The molecule has 0 unspecified atom stereocenters. The molecule has 1 aromatic heterocycles. The van der Waals surface area contributed by atoms with Crippen LogP contribution in [0.2, 0.25) is 0 Å². The first-order valence-electron chi connectivity index (χ1n) is 7.96. The van der Waals surface area contributed by atoms with Crippen molar-refractivity contribution in [3.8, 4) is 11.5 Å². The van der Waals surface area contributed by atoms with E-state index >= 15 is 0 Å². The molecule has 0 aliphatic carbocycles. The van der Waals surface area contributed by atoms with Gasteiger partial charge in [-0.1, -0.05) is 12.1 Å². The van der Waals surface area contributed by atoms with Crippen LogP contribution in [0.25, 0.3) is 0 Å². The Balaban J connectivity index is 1.63. The summed E-state index contributed by atoms with van der Waals surface area (Å²) in [5.74, 6) is 1.24. The molecule has 0 spiro atoms. The van der Waals surface area contributed by atoms with E-state index in [9.17, 15) is 9.59 Å². The Morgan fingerprint density at radius 1 is 1.28 bits per heavy atom. The van der Waals surface area contributed by atoms with Crippen LogP contribution in [-0.2, 0) is 16.1 Å². The lowest BCUT2D eigenvalue weighted by Crippen LogP contribution is -2.33. The van der Waals surface area contributed by atoms with Gasteiger partial charge in [-0.15, -0.1) is 11.3 Å². The third-order valence-corrected chi connectivity index (χ3v) is 4.91. The summed E-state index contributed by atoms with van der Waals surface area (Å²) in [6.45, 7) is 2.15. The number of nitrogens with one attached hydrogen (secondary N) is 1. The van der Waals surface area contributed by atoms with Crippen molar-refractivity contribution in [2.24, 2.45) is 0 Å². The van der Waals surface area contributed by atoms with Crippen molar-refractivity contribution < 1.29 is 19.1 Å². The Bertz CT molecular complexity index is 760. The van der Waals surface area contributed by atoms with Gasteiger partial charge in [-0.25, -0.2) is 0 Å². The minimum absolute atomic E-state index is 0.0372. The highest BCUT2D eigenvalue weighted by Crippen LogP contribution is 2.33. The molecule has 25 heavy (non-hydrogen) atoms. The van der Waals surface area contributed by atoms with E-state index in [-0.39, 0.29) is 31.1 Å². The molecule has 2 amide bonds. The average molecular weight is 360 g/mol. The SMILES string of the molecule is CC(=O)N[C@@H](CC(=O)N(C)Cc1ccc2c(c1)OCO2)c1cccs1. The largest absolute Gasteiger partial charge is 0.454 e. The summed E-state index contributed by atoms with van der Waals surface area (Å²) in [7, 11) is 1.76. The molecule has 0 radical (unpaired) electrons. The maximum Gasteiger partial charge on any atom is 0.231 e. The number of rotatable bonds is 6. The smallest absolute Gasteiger partial charge is 0.231 e. The highest BCUT2D eigenvalue weighted by molar-refractivity contribution is 7.10. The topological polar surface area (TPSA) is 67.9 Å². The van der Waals surface area contributed by atoms with Gasteiger partial charge in [-0.05, 0) is 29.1 Å². The minimum Gasteiger partial charge on any atom is -0.454 e. The van der Waals surface area contributed by atoms with E-state index in [1.807, 2.05) is 35.7 Å². The van der Waals surface area contributed by atoms with Crippen molar-refractivity contribution in [2.45, 2.75) is 25.9 Å². The van der Waals surface area contributed by atoms with Crippen molar-refractivity contribution in [1.82, 2.24) is 10.2 Å². The zero-order valence-electron chi connectivity index (χ0n) is 14.2. The second kappa shape index (κ2) is 7.57. The molecule has 0 fully saturated rings. The first-order valence-corrected chi connectivity index (χ1v) is 8.84. The molecule has 3 rings (SSSR count). The van der Waals surface area contributed by atoms with Gasteiger partial charge in [0.2, 0.25) is 18.6 Å². The molecule has 0 saturated carbocycles. The number of thiophene rings is 1. The van der Waals surface area contributed by atoms with Crippen LogP contribution in [0.4, 0.5) is 0 Å². The third kappa shape index (κ3) is 4.30. The fourth-order valence-electron chi connectivity index (χ4n) is 2.69. The molecule has 1 aliphatic heterocycles. The number of carbonyl (C=O) groups excluding carboxylic acids is 2. The average Bonchev–Trinajstić information content (AvgIpc) is 3.24. The Hall–Kier alpha value is -2.54. The standard InChI is InChI=1S/C18H20N2O4S/c1-12(21)19-14(17-4-3-7-25-17)9-18(22)20(2)10-13-5-6-15-16(8-13)24-11-23-15/h3-8,14H,9-11H2,1-2H3,(H,19,21)/t14-/m0/s1. The van der Waals surface area contributed by atoms with Crippen LogP contribution in [0.3, 0.4) is 0 Å². The Morgan fingerprint density at radius 2 is 2.08 bits per heavy atom. The molecule has 2 heterocycles. The highest BCUT2D eigenvalue weighted by atomic mass is 32.1. The van der Waals surface area contributed by atoms with Crippen molar-refractivity contribution in [3.05, 3.63) is 46.2 Å². The molecule has 1 N–H and O–H groups in total. The Morgan fingerprint density at radius 3 is 2.80 bits per heavy atom. The predicted octanol–water partition coefficient (Wildman–Crippen LogP) is 2.70. The number of hydrogen-bond donors (Lipinski definition) is 1. The summed E-state index contributed by atoms with van der Waals surface area (Å²) in [4.78, 5) is 26.7. The fourth-order valence-corrected chi connectivity index (χ4v) is 3.47. The van der Waals surface area contributed by atoms with E-state index in [1.54, 1.807) is 11.9 Å². The lowest BCUT2D eigenvalue weighted by atomic mass is 10.1. The number of nitrogens with zero attached hydrogens (tertiary/aromatic N) is 1. The summed E-state index contributed by atoms with van der Waals surface area (Å²) < 4.78 is 10.7. The van der Waals surface area contributed by atoms with E-state index in [0.717, 1.165) is 16.2 Å². The van der Waals surface area contributed by atoms with Crippen LogP contribution in [-0.4, -0.2) is 30.6 Å². The quantitative estimate of drug-likeness (QED) is 0.860. The lowest BCUT2D eigenvalue weighted by Gasteiger charge is -2.22. The van der Waals surface area contributed by atoms with E-state index in [4.69, 9.17) is 9.47 Å². The maximum absolute atomic E-state index is 12.6. The predicted molar refractivity (Wildman–Crippen MR) is 94.5 cm³/mol. The van der Waals surface area contributed by atoms with Crippen LogP contribution >= 0.6 is 11.3 Å². The van der Waals surface area contributed by atoms with Gasteiger partial charge in [-0.2, -0.15) is 0 Å². The van der Waals surface area contributed by atoms with E-state index in [2.05, 4.69) is 5.32 Å². The van der Waals surface area contributed by atoms with Crippen LogP contribution in [0.15, 0.2) is 35.7 Å². The minimum atomic E-state index is -0.302. The first kappa shape index (κ1) is 17.3. The van der Waals surface area contributed by atoms with Crippen molar-refractivity contribution >= 4 is 23.2 Å². The zero-order valence-corrected chi connectivity index (χ0v) is 15.0. The number of carbonyl (C=O) groups is 2. The zero-order chi connectivity index (χ0) is 17.8. The van der Waals surface area contributed by atoms with Gasteiger partial charge in [0.25, 0.3) is 0 Å². The lowest BCUT2D eigenvalue weighted by molar-refractivity contribution is -0.131. The van der Waals surface area contributed by atoms with E-state index < -0.39 is 0 Å². The van der Waals surface area contributed by atoms with Crippen LogP contribution in [0.5, 0.6) is 11.5 Å². The van der Waals surface area contributed by atoms with E-state index in [1.165, 1.54) is 18.3 Å². The second-order valence-corrected chi connectivity index (χ2v) is 6.89. The normalized spacial score (nSPS) is 13.4. The number of ether oxygens (including phenoxy) is 2.